The summed E-state index contributed by atoms with van der Waals surface area (Å²) in [6.07, 6.45) is 3.51. The number of hydrogen-bond acceptors (Lipinski definition) is 4. The molecule has 23 heavy (non-hydrogen) atoms. The van der Waals surface area contributed by atoms with Crippen LogP contribution in [0, 0.1) is 6.92 Å². The minimum atomic E-state index is -0.414. The average molecular weight is 316 g/mol. The number of methoxy groups -OCH3 is 1. The van der Waals surface area contributed by atoms with Gasteiger partial charge in [-0.15, -0.1) is 0 Å². The molecule has 6 heteroatoms. The minimum Gasteiger partial charge on any atom is -0.469 e. The molecule has 1 aromatic heterocycles. The second-order valence-corrected chi connectivity index (χ2v) is 5.45. The fourth-order valence-electron chi connectivity index (χ4n) is 2.28. The molecule has 0 spiro atoms. The van der Waals surface area contributed by atoms with Crippen LogP contribution < -0.4 is 11.2 Å². The number of aromatic amines is 1. The highest BCUT2D eigenvalue weighted by atomic mass is 16.5. The Hall–Kier alpha value is -2.63. The van der Waals surface area contributed by atoms with Crippen molar-refractivity contribution in [3.8, 4) is 0 Å². The topological polar surface area (TPSA) is 81.2 Å². The molecule has 0 aliphatic heterocycles. The van der Waals surface area contributed by atoms with E-state index in [1.165, 1.54) is 11.7 Å². The second-order valence-electron chi connectivity index (χ2n) is 5.45. The minimum absolute atomic E-state index is 0.200. The Morgan fingerprint density at radius 3 is 2.48 bits per heavy atom. The normalized spacial score (nSPS) is 10.5. The van der Waals surface area contributed by atoms with E-state index in [1.807, 2.05) is 24.3 Å². The zero-order valence-electron chi connectivity index (χ0n) is 13.3. The fraction of sp³-hybridized carbons (Fsp3) is 0.353. The SMILES string of the molecule is COC(=O)CCCc1ccc(Cn2cc(C)c(=O)[nH]c2=O)cc1. The molecule has 0 radical (unpaired) electrons. The van der Waals surface area contributed by atoms with Crippen LogP contribution in [0.5, 0.6) is 0 Å². The molecule has 0 atom stereocenters. The van der Waals surface area contributed by atoms with Gasteiger partial charge in [-0.25, -0.2) is 4.79 Å². The quantitative estimate of drug-likeness (QED) is 0.817. The van der Waals surface area contributed by atoms with E-state index in [0.717, 1.165) is 24.0 Å². The molecule has 1 aromatic carbocycles. The molecule has 0 unspecified atom stereocenters. The smallest absolute Gasteiger partial charge is 0.328 e. The Labute approximate surface area is 133 Å². The molecular formula is C17H20N2O4. The fourth-order valence-corrected chi connectivity index (χ4v) is 2.28. The number of aryl methyl sites for hydroxylation is 2. The summed E-state index contributed by atoms with van der Waals surface area (Å²) >= 11 is 0. The molecule has 0 fully saturated rings. The van der Waals surface area contributed by atoms with E-state index in [4.69, 9.17) is 0 Å². The van der Waals surface area contributed by atoms with Crippen LogP contribution in [0.2, 0.25) is 0 Å². The maximum atomic E-state index is 11.8. The number of ether oxygens (including phenoxy) is 1. The van der Waals surface area contributed by atoms with Gasteiger partial charge in [-0.05, 0) is 30.9 Å². The molecule has 1 N–H and O–H groups in total. The van der Waals surface area contributed by atoms with Gasteiger partial charge < -0.3 is 4.74 Å². The number of carbonyl (C=O) groups is 1. The highest BCUT2D eigenvalue weighted by molar-refractivity contribution is 5.69. The van der Waals surface area contributed by atoms with Crippen molar-refractivity contribution in [1.82, 2.24) is 9.55 Å². The van der Waals surface area contributed by atoms with Crippen LogP contribution in [0.3, 0.4) is 0 Å². The van der Waals surface area contributed by atoms with E-state index < -0.39 is 5.69 Å². The summed E-state index contributed by atoms with van der Waals surface area (Å²) in [5, 5.41) is 0. The number of rotatable bonds is 6. The highest BCUT2D eigenvalue weighted by Gasteiger charge is 2.03. The molecule has 0 saturated carbocycles. The van der Waals surface area contributed by atoms with Crippen molar-refractivity contribution in [3.05, 3.63) is 68.0 Å². The van der Waals surface area contributed by atoms with E-state index in [0.29, 0.717) is 18.5 Å². The lowest BCUT2D eigenvalue weighted by Gasteiger charge is -2.07. The lowest BCUT2D eigenvalue weighted by atomic mass is 10.1. The van der Waals surface area contributed by atoms with Crippen LogP contribution in [0.25, 0.3) is 0 Å². The molecule has 1 heterocycles. The van der Waals surface area contributed by atoms with Crippen LogP contribution >= 0.6 is 0 Å². The number of hydrogen-bond donors (Lipinski definition) is 1. The third kappa shape index (κ3) is 4.67. The van der Waals surface area contributed by atoms with Gasteiger partial charge in [-0.1, -0.05) is 24.3 Å². The van der Waals surface area contributed by atoms with Crippen molar-refractivity contribution in [2.24, 2.45) is 0 Å². The van der Waals surface area contributed by atoms with Crippen LogP contribution in [0.15, 0.2) is 40.1 Å². The van der Waals surface area contributed by atoms with Crippen LogP contribution in [0.1, 0.15) is 29.5 Å². The summed E-state index contributed by atoms with van der Waals surface area (Å²) in [7, 11) is 1.39. The van der Waals surface area contributed by atoms with Gasteiger partial charge in [0.25, 0.3) is 5.56 Å². The molecule has 2 rings (SSSR count). The lowest BCUT2D eigenvalue weighted by molar-refractivity contribution is -0.140. The van der Waals surface area contributed by atoms with Crippen molar-refractivity contribution in [3.63, 3.8) is 0 Å². The molecule has 6 nitrogen and oxygen atoms in total. The number of nitrogens with one attached hydrogen (secondary N) is 1. The molecule has 0 saturated heterocycles. The van der Waals surface area contributed by atoms with E-state index in [9.17, 15) is 14.4 Å². The number of aromatic nitrogens is 2. The number of benzene rings is 1. The predicted octanol–water partition coefficient (Wildman–Crippen LogP) is 1.39. The maximum absolute atomic E-state index is 11.8. The molecule has 0 aliphatic rings. The first-order valence-corrected chi connectivity index (χ1v) is 7.44. The largest absolute Gasteiger partial charge is 0.469 e. The molecule has 0 amide bonds. The van der Waals surface area contributed by atoms with Gasteiger partial charge in [0.15, 0.2) is 0 Å². The van der Waals surface area contributed by atoms with Crippen molar-refractivity contribution >= 4 is 5.97 Å². The zero-order valence-corrected chi connectivity index (χ0v) is 13.3. The maximum Gasteiger partial charge on any atom is 0.328 e. The standard InChI is InChI=1S/C17H20N2O4/c1-12-10-19(17(22)18-16(12)21)11-14-8-6-13(7-9-14)4-3-5-15(20)23-2/h6-10H,3-5,11H2,1-2H3,(H,18,21,22). The van der Waals surface area contributed by atoms with Gasteiger partial charge in [0.2, 0.25) is 0 Å². The zero-order chi connectivity index (χ0) is 16.8. The van der Waals surface area contributed by atoms with Crippen molar-refractivity contribution in [2.75, 3.05) is 7.11 Å². The van der Waals surface area contributed by atoms with Crippen molar-refractivity contribution in [1.29, 1.82) is 0 Å². The third-order valence-electron chi connectivity index (χ3n) is 3.64. The molecule has 0 bridgehead atoms. The first kappa shape index (κ1) is 16.7. The second kappa shape index (κ2) is 7.58. The first-order valence-electron chi connectivity index (χ1n) is 7.44. The van der Waals surface area contributed by atoms with Crippen molar-refractivity contribution < 1.29 is 9.53 Å². The van der Waals surface area contributed by atoms with Gasteiger partial charge in [0.05, 0.1) is 13.7 Å². The number of carbonyl (C=O) groups excluding carboxylic acids is 1. The number of H-pyrrole nitrogens is 1. The first-order chi connectivity index (χ1) is 11.0. The Balaban J connectivity index is 2.00. The molecular weight excluding hydrogens is 296 g/mol. The molecule has 0 aliphatic carbocycles. The summed E-state index contributed by atoms with van der Waals surface area (Å²) in [5.74, 6) is -0.200. The Kier molecular flexibility index (Phi) is 5.51. The summed E-state index contributed by atoms with van der Waals surface area (Å²) in [6.45, 7) is 2.07. The van der Waals surface area contributed by atoms with Crippen LogP contribution in [-0.2, 0) is 22.5 Å². The number of nitrogens with zero attached hydrogens (tertiary/aromatic N) is 1. The monoisotopic (exact) mass is 316 g/mol. The molecule has 122 valence electrons. The van der Waals surface area contributed by atoms with E-state index >= 15 is 0 Å². The lowest BCUT2D eigenvalue weighted by Crippen LogP contribution is -2.31. The third-order valence-corrected chi connectivity index (χ3v) is 3.64. The summed E-state index contributed by atoms with van der Waals surface area (Å²) < 4.78 is 6.08. The highest BCUT2D eigenvalue weighted by Crippen LogP contribution is 2.09. The Morgan fingerprint density at radius 2 is 1.83 bits per heavy atom. The summed E-state index contributed by atoms with van der Waals surface area (Å²) in [6, 6.07) is 7.85. The Morgan fingerprint density at radius 1 is 1.17 bits per heavy atom. The Bertz CT molecular complexity index is 787. The number of esters is 1. The summed E-state index contributed by atoms with van der Waals surface area (Å²) in [4.78, 5) is 36.5. The van der Waals surface area contributed by atoms with Gasteiger partial charge in [0, 0.05) is 18.2 Å². The average Bonchev–Trinajstić information content (AvgIpc) is 2.54. The predicted molar refractivity (Wildman–Crippen MR) is 86.6 cm³/mol. The van der Waals surface area contributed by atoms with Crippen molar-refractivity contribution in [2.45, 2.75) is 32.7 Å². The van der Waals surface area contributed by atoms with E-state index in [-0.39, 0.29) is 11.5 Å². The van der Waals surface area contributed by atoms with Gasteiger partial charge in [-0.2, -0.15) is 0 Å². The summed E-state index contributed by atoms with van der Waals surface area (Å²) in [5.41, 5.74) is 1.83. The molecule has 2 aromatic rings. The van der Waals surface area contributed by atoms with E-state index in [2.05, 4.69) is 9.72 Å². The van der Waals surface area contributed by atoms with Gasteiger partial charge >= 0.3 is 11.7 Å². The van der Waals surface area contributed by atoms with E-state index in [1.54, 1.807) is 13.1 Å². The van der Waals surface area contributed by atoms with Gasteiger partial charge in [0.1, 0.15) is 0 Å². The van der Waals surface area contributed by atoms with Gasteiger partial charge in [-0.3, -0.25) is 19.1 Å². The van der Waals surface area contributed by atoms with Crippen LogP contribution in [0.4, 0.5) is 0 Å². The van der Waals surface area contributed by atoms with Crippen LogP contribution in [-0.4, -0.2) is 22.6 Å².